The fraction of sp³-hybridized carbons (Fsp3) is 0.846. The number of hydrogen-bond acceptors (Lipinski definition) is 1. The summed E-state index contributed by atoms with van der Waals surface area (Å²) in [6.07, 6.45) is 14.0. The Balaban J connectivity index is 3.46. The molecule has 0 fully saturated rings. The molecule has 0 aromatic carbocycles. The van der Waals surface area contributed by atoms with E-state index in [1.165, 1.54) is 32.1 Å². The van der Waals surface area contributed by atoms with Crippen molar-refractivity contribution in [3.63, 3.8) is 0 Å². The molecule has 0 radical (unpaired) electrons. The summed E-state index contributed by atoms with van der Waals surface area (Å²) in [5, 5.41) is 3.50. The van der Waals surface area contributed by atoms with Crippen molar-refractivity contribution in [2.75, 3.05) is 6.54 Å². The molecule has 0 amide bonds. The smallest absolute Gasteiger partial charge is 0.0101 e. The molecule has 0 aromatic heterocycles. The normalized spacial score (nSPS) is 12.4. The largest absolute Gasteiger partial charge is 0.314 e. The minimum atomic E-state index is 0.646. The Bertz CT molecular complexity index is 146. The Morgan fingerprint density at radius 3 is 2.50 bits per heavy atom. The Morgan fingerprint density at radius 1 is 1.14 bits per heavy atom. The van der Waals surface area contributed by atoms with E-state index in [4.69, 9.17) is 6.42 Å². The van der Waals surface area contributed by atoms with Gasteiger partial charge >= 0.3 is 0 Å². The summed E-state index contributed by atoms with van der Waals surface area (Å²) in [6.45, 7) is 5.47. The summed E-state index contributed by atoms with van der Waals surface area (Å²) in [6, 6.07) is 0.646. The van der Waals surface area contributed by atoms with E-state index in [1.807, 2.05) is 0 Å². The van der Waals surface area contributed by atoms with E-state index in [2.05, 4.69) is 25.1 Å². The topological polar surface area (TPSA) is 12.0 Å². The molecule has 0 saturated heterocycles. The average molecular weight is 195 g/mol. The molecule has 1 heteroatoms. The maximum atomic E-state index is 5.27. The van der Waals surface area contributed by atoms with Crippen molar-refractivity contribution in [3.05, 3.63) is 0 Å². The van der Waals surface area contributed by atoms with Gasteiger partial charge in [-0.3, -0.25) is 0 Å². The summed E-state index contributed by atoms with van der Waals surface area (Å²) >= 11 is 0. The van der Waals surface area contributed by atoms with Crippen LogP contribution in [0.4, 0.5) is 0 Å². The molecule has 0 heterocycles. The molecule has 1 atom stereocenters. The first-order chi connectivity index (χ1) is 6.85. The highest BCUT2D eigenvalue weighted by Gasteiger charge is 2.05. The van der Waals surface area contributed by atoms with Crippen LogP contribution in [0.15, 0.2) is 0 Å². The SMILES string of the molecule is C#CCCC(CCCCCC)NCC. The van der Waals surface area contributed by atoms with Crippen LogP contribution in [0.5, 0.6) is 0 Å². The average Bonchev–Trinajstić information content (AvgIpc) is 2.20. The third-order valence-electron chi connectivity index (χ3n) is 2.54. The number of hydrogen-bond donors (Lipinski definition) is 1. The van der Waals surface area contributed by atoms with Gasteiger partial charge in [0.2, 0.25) is 0 Å². The van der Waals surface area contributed by atoms with Gasteiger partial charge in [-0.25, -0.2) is 0 Å². The first-order valence-corrected chi connectivity index (χ1v) is 6.02. The lowest BCUT2D eigenvalue weighted by Gasteiger charge is -2.16. The van der Waals surface area contributed by atoms with E-state index in [1.54, 1.807) is 0 Å². The second-order valence-corrected chi connectivity index (χ2v) is 3.85. The van der Waals surface area contributed by atoms with Gasteiger partial charge in [0.15, 0.2) is 0 Å². The van der Waals surface area contributed by atoms with Gasteiger partial charge in [0.25, 0.3) is 0 Å². The minimum absolute atomic E-state index is 0.646. The van der Waals surface area contributed by atoms with Gasteiger partial charge in [0.1, 0.15) is 0 Å². The van der Waals surface area contributed by atoms with E-state index in [9.17, 15) is 0 Å². The molecule has 0 bridgehead atoms. The lowest BCUT2D eigenvalue weighted by Crippen LogP contribution is -2.28. The highest BCUT2D eigenvalue weighted by atomic mass is 14.9. The minimum Gasteiger partial charge on any atom is -0.314 e. The summed E-state index contributed by atoms with van der Waals surface area (Å²) in [4.78, 5) is 0. The molecule has 0 aliphatic rings. The number of unbranched alkanes of at least 4 members (excludes halogenated alkanes) is 3. The van der Waals surface area contributed by atoms with Crippen LogP contribution in [0.1, 0.15) is 58.8 Å². The van der Waals surface area contributed by atoms with E-state index in [0.29, 0.717) is 6.04 Å². The maximum Gasteiger partial charge on any atom is 0.0101 e. The monoisotopic (exact) mass is 195 g/mol. The molecule has 0 aliphatic carbocycles. The van der Waals surface area contributed by atoms with Gasteiger partial charge in [-0.2, -0.15) is 0 Å². The molecule has 0 aliphatic heterocycles. The van der Waals surface area contributed by atoms with Crippen molar-refractivity contribution < 1.29 is 0 Å². The van der Waals surface area contributed by atoms with E-state index >= 15 is 0 Å². The Labute approximate surface area is 89.7 Å². The van der Waals surface area contributed by atoms with E-state index < -0.39 is 0 Å². The van der Waals surface area contributed by atoms with Gasteiger partial charge in [-0.15, -0.1) is 12.3 Å². The van der Waals surface area contributed by atoms with Crippen molar-refractivity contribution in [2.45, 2.75) is 64.8 Å². The molecule has 1 unspecified atom stereocenters. The zero-order valence-corrected chi connectivity index (χ0v) is 9.81. The molecule has 1 N–H and O–H groups in total. The van der Waals surface area contributed by atoms with Crippen LogP contribution in [-0.4, -0.2) is 12.6 Å². The summed E-state index contributed by atoms with van der Waals surface area (Å²) in [5.74, 6) is 2.72. The standard InChI is InChI=1S/C13H25N/c1-4-7-9-10-12-13(14-6-3)11-8-5-2/h2,13-14H,4,6-12H2,1,3H3. The lowest BCUT2D eigenvalue weighted by molar-refractivity contribution is 0.445. The highest BCUT2D eigenvalue weighted by Crippen LogP contribution is 2.09. The van der Waals surface area contributed by atoms with Crippen LogP contribution in [0.3, 0.4) is 0 Å². The predicted molar refractivity (Wildman–Crippen MR) is 64.3 cm³/mol. The number of terminal acetylenes is 1. The van der Waals surface area contributed by atoms with E-state index in [-0.39, 0.29) is 0 Å². The van der Waals surface area contributed by atoms with Crippen LogP contribution < -0.4 is 5.32 Å². The molecule has 0 rings (SSSR count). The maximum absolute atomic E-state index is 5.27. The van der Waals surface area contributed by atoms with Crippen molar-refractivity contribution in [3.8, 4) is 12.3 Å². The van der Waals surface area contributed by atoms with E-state index in [0.717, 1.165) is 19.4 Å². The first kappa shape index (κ1) is 13.5. The van der Waals surface area contributed by atoms with Gasteiger partial charge in [-0.05, 0) is 19.4 Å². The zero-order chi connectivity index (χ0) is 10.6. The summed E-state index contributed by atoms with van der Waals surface area (Å²) in [7, 11) is 0. The molecule has 0 aromatic rings. The highest BCUT2D eigenvalue weighted by molar-refractivity contribution is 4.85. The molecular formula is C13H25N. The molecule has 0 spiro atoms. The molecule has 14 heavy (non-hydrogen) atoms. The fourth-order valence-corrected chi connectivity index (χ4v) is 1.71. The molecule has 1 nitrogen and oxygen atoms in total. The fourth-order valence-electron chi connectivity index (χ4n) is 1.71. The summed E-state index contributed by atoms with van der Waals surface area (Å²) < 4.78 is 0. The lowest BCUT2D eigenvalue weighted by atomic mass is 10.0. The number of rotatable bonds is 9. The van der Waals surface area contributed by atoms with Gasteiger partial charge in [0.05, 0.1) is 0 Å². The molecule has 0 saturated carbocycles. The third-order valence-corrected chi connectivity index (χ3v) is 2.54. The quantitative estimate of drug-likeness (QED) is 0.439. The van der Waals surface area contributed by atoms with Gasteiger partial charge < -0.3 is 5.32 Å². The van der Waals surface area contributed by atoms with Crippen LogP contribution >= 0.6 is 0 Å². The van der Waals surface area contributed by atoms with Crippen molar-refractivity contribution >= 4 is 0 Å². The van der Waals surface area contributed by atoms with Gasteiger partial charge in [-0.1, -0.05) is 39.5 Å². The number of nitrogens with one attached hydrogen (secondary N) is 1. The summed E-state index contributed by atoms with van der Waals surface area (Å²) in [5.41, 5.74) is 0. The molecular weight excluding hydrogens is 170 g/mol. The third kappa shape index (κ3) is 8.13. The second-order valence-electron chi connectivity index (χ2n) is 3.85. The Morgan fingerprint density at radius 2 is 1.93 bits per heavy atom. The predicted octanol–water partition coefficient (Wildman–Crippen LogP) is 3.35. The van der Waals surface area contributed by atoms with Crippen LogP contribution in [0, 0.1) is 12.3 Å². The van der Waals surface area contributed by atoms with Crippen molar-refractivity contribution in [1.29, 1.82) is 0 Å². The van der Waals surface area contributed by atoms with Crippen molar-refractivity contribution in [1.82, 2.24) is 5.32 Å². The van der Waals surface area contributed by atoms with Crippen LogP contribution in [0.2, 0.25) is 0 Å². The van der Waals surface area contributed by atoms with Crippen molar-refractivity contribution in [2.24, 2.45) is 0 Å². The zero-order valence-electron chi connectivity index (χ0n) is 9.81. The van der Waals surface area contributed by atoms with Gasteiger partial charge in [0, 0.05) is 12.5 Å². The Hall–Kier alpha value is -0.480. The van der Waals surface area contributed by atoms with Crippen LogP contribution in [0.25, 0.3) is 0 Å². The Kier molecular flexibility index (Phi) is 10.2. The second kappa shape index (κ2) is 10.6. The molecule has 82 valence electrons. The van der Waals surface area contributed by atoms with Crippen LogP contribution in [-0.2, 0) is 0 Å². The first-order valence-electron chi connectivity index (χ1n) is 6.02.